The van der Waals surface area contributed by atoms with Crippen LogP contribution in [0.2, 0.25) is 0 Å². The summed E-state index contributed by atoms with van der Waals surface area (Å²) in [5.41, 5.74) is 0.0636. The summed E-state index contributed by atoms with van der Waals surface area (Å²) < 4.78 is 35.7. The molecule has 6 nitrogen and oxygen atoms in total. The lowest BCUT2D eigenvalue weighted by Gasteiger charge is -2.16. The van der Waals surface area contributed by atoms with Crippen LogP contribution < -0.4 is 10.6 Å². The zero-order valence-corrected chi connectivity index (χ0v) is 13.9. The predicted octanol–water partition coefficient (Wildman–Crippen LogP) is 0.277. The van der Waals surface area contributed by atoms with E-state index in [2.05, 4.69) is 10.6 Å². The quantitative estimate of drug-likeness (QED) is 0.794. The number of hydrogen-bond donors (Lipinski definition) is 2. The molecule has 2 amide bonds. The number of carbonyl (C=O) groups excluding carboxylic acids is 2. The van der Waals surface area contributed by atoms with Crippen molar-refractivity contribution >= 4 is 21.7 Å². The molecule has 1 aliphatic carbocycles. The molecule has 0 aromatic heterocycles. The molecule has 1 saturated carbocycles. The van der Waals surface area contributed by atoms with Crippen molar-refractivity contribution in [1.29, 1.82) is 0 Å². The molecule has 2 aliphatic rings. The van der Waals surface area contributed by atoms with Gasteiger partial charge in [-0.25, -0.2) is 12.8 Å². The van der Waals surface area contributed by atoms with E-state index in [4.69, 9.17) is 0 Å². The molecule has 1 aromatic carbocycles. The van der Waals surface area contributed by atoms with Gasteiger partial charge in [-0.2, -0.15) is 0 Å². The van der Waals surface area contributed by atoms with Crippen molar-refractivity contribution < 1.29 is 22.4 Å². The molecule has 2 fully saturated rings. The minimum atomic E-state index is -3.06. The lowest BCUT2D eigenvalue weighted by Crippen LogP contribution is -2.45. The van der Waals surface area contributed by atoms with Crippen LogP contribution in [0.3, 0.4) is 0 Å². The fraction of sp³-hybridized carbons (Fsp3) is 0.500. The van der Waals surface area contributed by atoms with E-state index < -0.39 is 21.2 Å². The first-order valence-electron chi connectivity index (χ1n) is 7.85. The van der Waals surface area contributed by atoms with Crippen LogP contribution in [-0.4, -0.2) is 44.3 Å². The first kappa shape index (κ1) is 16.9. The molecular formula is C16H19FN2O4S. The van der Waals surface area contributed by atoms with Gasteiger partial charge in [0.25, 0.3) is 0 Å². The minimum Gasteiger partial charge on any atom is -0.351 e. The average molecular weight is 354 g/mol. The van der Waals surface area contributed by atoms with Gasteiger partial charge in [-0.3, -0.25) is 9.59 Å². The molecule has 0 unspecified atom stereocenters. The van der Waals surface area contributed by atoms with Crippen molar-refractivity contribution in [3.8, 4) is 0 Å². The molecule has 24 heavy (non-hydrogen) atoms. The van der Waals surface area contributed by atoms with E-state index in [0.29, 0.717) is 19.3 Å². The molecule has 0 bridgehead atoms. The number of carbonyl (C=O) groups is 2. The van der Waals surface area contributed by atoms with Gasteiger partial charge in [-0.15, -0.1) is 0 Å². The third-order valence-corrected chi connectivity index (χ3v) is 6.36. The van der Waals surface area contributed by atoms with Gasteiger partial charge >= 0.3 is 0 Å². The Morgan fingerprint density at radius 2 is 1.88 bits per heavy atom. The summed E-state index contributed by atoms with van der Waals surface area (Å²) in [6.45, 7) is -0.196. The summed E-state index contributed by atoms with van der Waals surface area (Å²) in [6, 6.07) is 5.43. The Hall–Kier alpha value is -1.96. The van der Waals surface area contributed by atoms with Gasteiger partial charge < -0.3 is 10.6 Å². The Morgan fingerprint density at radius 3 is 2.42 bits per heavy atom. The van der Waals surface area contributed by atoms with Crippen molar-refractivity contribution in [3.63, 3.8) is 0 Å². The number of nitrogens with one attached hydrogen (secondary N) is 2. The first-order valence-corrected chi connectivity index (χ1v) is 9.67. The molecule has 3 rings (SSSR count). The van der Waals surface area contributed by atoms with Crippen LogP contribution in [-0.2, 0) is 24.8 Å². The van der Waals surface area contributed by atoms with E-state index >= 15 is 0 Å². The maximum Gasteiger partial charge on any atom is 0.239 e. The maximum atomic E-state index is 13.0. The van der Waals surface area contributed by atoms with Gasteiger partial charge in [0.15, 0.2) is 9.84 Å². The molecule has 0 radical (unpaired) electrons. The van der Waals surface area contributed by atoms with E-state index in [9.17, 15) is 22.4 Å². The third-order valence-electron chi connectivity index (χ3n) is 4.59. The van der Waals surface area contributed by atoms with Crippen molar-refractivity contribution in [2.75, 3.05) is 18.1 Å². The fourth-order valence-corrected chi connectivity index (χ4v) is 4.73. The van der Waals surface area contributed by atoms with Crippen molar-refractivity contribution in [2.24, 2.45) is 0 Å². The molecule has 8 heteroatoms. The maximum absolute atomic E-state index is 13.0. The van der Waals surface area contributed by atoms with Gasteiger partial charge in [0.2, 0.25) is 11.8 Å². The van der Waals surface area contributed by atoms with E-state index in [0.717, 1.165) is 5.56 Å². The highest BCUT2D eigenvalue weighted by Crippen LogP contribution is 2.48. The number of sulfone groups is 1. The highest BCUT2D eigenvalue weighted by atomic mass is 32.2. The Balaban J connectivity index is 1.52. The Labute approximate surface area is 139 Å². The van der Waals surface area contributed by atoms with Gasteiger partial charge in [-0.1, -0.05) is 12.1 Å². The summed E-state index contributed by atoms with van der Waals surface area (Å²) in [5.74, 6) is -0.992. The van der Waals surface area contributed by atoms with Crippen molar-refractivity contribution in [2.45, 2.75) is 30.7 Å². The van der Waals surface area contributed by atoms with Crippen LogP contribution in [0.15, 0.2) is 24.3 Å². The van der Waals surface area contributed by atoms with Crippen LogP contribution in [0, 0.1) is 5.82 Å². The lowest BCUT2D eigenvalue weighted by atomic mass is 9.95. The van der Waals surface area contributed by atoms with Gasteiger partial charge in [0.05, 0.1) is 23.5 Å². The standard InChI is InChI=1S/C16H19FN2O4S/c17-12-3-1-11(2-4-12)16(6-7-16)15(21)18-9-14(20)19-13-5-8-24(22,23)10-13/h1-4,13H,5-10H2,(H,18,21)(H,19,20)/t13-/m1/s1. The normalized spacial score (nSPS) is 23.5. The van der Waals surface area contributed by atoms with E-state index in [-0.39, 0.29) is 35.8 Å². The van der Waals surface area contributed by atoms with Gasteiger partial charge in [-0.05, 0) is 37.0 Å². The number of amides is 2. The minimum absolute atomic E-state index is 0.0494. The second kappa shape index (κ2) is 6.16. The monoisotopic (exact) mass is 354 g/mol. The first-order chi connectivity index (χ1) is 11.3. The summed E-state index contributed by atoms with van der Waals surface area (Å²) >= 11 is 0. The number of halogens is 1. The molecule has 2 N–H and O–H groups in total. The average Bonchev–Trinajstić information content (AvgIpc) is 3.26. The van der Waals surface area contributed by atoms with Crippen molar-refractivity contribution in [1.82, 2.24) is 10.6 Å². The third kappa shape index (κ3) is 3.58. The topological polar surface area (TPSA) is 92.3 Å². The Morgan fingerprint density at radius 1 is 1.21 bits per heavy atom. The predicted molar refractivity (Wildman–Crippen MR) is 85.5 cm³/mol. The van der Waals surface area contributed by atoms with Crippen LogP contribution in [0.1, 0.15) is 24.8 Å². The molecule has 1 aliphatic heterocycles. The van der Waals surface area contributed by atoms with Gasteiger partial charge in [0.1, 0.15) is 5.82 Å². The summed E-state index contributed by atoms with van der Waals surface area (Å²) in [4.78, 5) is 24.2. The molecule has 1 heterocycles. The summed E-state index contributed by atoms with van der Waals surface area (Å²) in [7, 11) is -3.06. The number of rotatable bonds is 5. The molecular weight excluding hydrogens is 335 g/mol. The van der Waals surface area contributed by atoms with E-state index in [1.165, 1.54) is 12.1 Å². The molecule has 1 aromatic rings. The lowest BCUT2D eigenvalue weighted by molar-refractivity contribution is -0.127. The summed E-state index contributed by atoms with van der Waals surface area (Å²) in [5, 5.41) is 5.23. The smallest absolute Gasteiger partial charge is 0.239 e. The second-order valence-electron chi connectivity index (χ2n) is 6.44. The van der Waals surface area contributed by atoms with Crippen LogP contribution in [0.5, 0.6) is 0 Å². The number of hydrogen-bond acceptors (Lipinski definition) is 4. The van der Waals surface area contributed by atoms with E-state index in [1.54, 1.807) is 12.1 Å². The van der Waals surface area contributed by atoms with E-state index in [1.807, 2.05) is 0 Å². The molecule has 1 saturated heterocycles. The fourth-order valence-electron chi connectivity index (χ4n) is 3.06. The SMILES string of the molecule is O=C(CNC(=O)C1(c2ccc(F)cc2)CC1)N[C@@H]1CCS(=O)(=O)C1. The zero-order valence-electron chi connectivity index (χ0n) is 13.0. The van der Waals surface area contributed by atoms with Crippen LogP contribution >= 0.6 is 0 Å². The highest BCUT2D eigenvalue weighted by molar-refractivity contribution is 7.91. The zero-order chi connectivity index (χ0) is 17.4. The van der Waals surface area contributed by atoms with Gasteiger partial charge in [0, 0.05) is 6.04 Å². The molecule has 1 atom stereocenters. The number of benzene rings is 1. The Kier molecular flexibility index (Phi) is 4.33. The van der Waals surface area contributed by atoms with Crippen LogP contribution in [0.4, 0.5) is 4.39 Å². The van der Waals surface area contributed by atoms with Crippen LogP contribution in [0.25, 0.3) is 0 Å². The molecule has 130 valence electrons. The summed E-state index contributed by atoms with van der Waals surface area (Å²) in [6.07, 6.45) is 1.72. The molecule has 0 spiro atoms. The largest absolute Gasteiger partial charge is 0.351 e. The Bertz CT molecular complexity index is 757. The second-order valence-corrected chi connectivity index (χ2v) is 8.67. The van der Waals surface area contributed by atoms with Crippen molar-refractivity contribution in [3.05, 3.63) is 35.6 Å². The highest BCUT2D eigenvalue weighted by Gasteiger charge is 2.51.